The average molecular weight is 362 g/mol. The van der Waals surface area contributed by atoms with Crippen molar-refractivity contribution in [1.82, 2.24) is 9.80 Å². The van der Waals surface area contributed by atoms with Crippen LogP contribution in [0.3, 0.4) is 0 Å². The summed E-state index contributed by atoms with van der Waals surface area (Å²) in [7, 11) is 0. The van der Waals surface area contributed by atoms with Crippen LogP contribution >= 0.6 is 0 Å². The fourth-order valence-corrected chi connectivity index (χ4v) is 4.03. The van der Waals surface area contributed by atoms with Gasteiger partial charge in [-0.3, -0.25) is 9.59 Å². The number of hydrogen-bond acceptors (Lipinski definition) is 3. The summed E-state index contributed by atoms with van der Waals surface area (Å²) in [6.07, 6.45) is 6.77. The lowest BCUT2D eigenvalue weighted by Gasteiger charge is -2.45. The van der Waals surface area contributed by atoms with Gasteiger partial charge in [0.05, 0.1) is 6.54 Å². The van der Waals surface area contributed by atoms with Crippen LogP contribution in [0, 0.1) is 5.41 Å². The number of urea groups is 1. The lowest BCUT2D eigenvalue weighted by atomic mass is 9.72. The predicted molar refractivity (Wildman–Crippen MR) is 99.9 cm³/mol. The molecule has 7 nitrogen and oxygen atoms in total. The van der Waals surface area contributed by atoms with Gasteiger partial charge in [0.25, 0.3) is 0 Å². The normalized spacial score (nSPS) is 26.3. The highest BCUT2D eigenvalue weighted by Gasteiger charge is 2.45. The minimum absolute atomic E-state index is 0.0376. The van der Waals surface area contributed by atoms with Gasteiger partial charge < -0.3 is 21.3 Å². The third kappa shape index (κ3) is 3.76. The number of amides is 4. The number of allylic oxidation sites excluding steroid dienone is 3. The highest BCUT2D eigenvalue weighted by Crippen LogP contribution is 2.40. The van der Waals surface area contributed by atoms with E-state index in [2.05, 4.69) is 20.8 Å². The molecule has 0 aromatic rings. The molecule has 0 spiro atoms. The summed E-state index contributed by atoms with van der Waals surface area (Å²) in [6, 6.07) is -0.710. The lowest BCUT2D eigenvalue weighted by molar-refractivity contribution is -0.137. The zero-order valence-corrected chi connectivity index (χ0v) is 16.2. The Bertz CT molecular complexity index is 680. The molecule has 1 fully saturated rings. The Morgan fingerprint density at radius 3 is 2.31 bits per heavy atom. The van der Waals surface area contributed by atoms with Crippen LogP contribution in [0.2, 0.25) is 0 Å². The van der Waals surface area contributed by atoms with E-state index >= 15 is 0 Å². The Morgan fingerprint density at radius 1 is 1.12 bits per heavy atom. The Labute approximate surface area is 155 Å². The van der Waals surface area contributed by atoms with Crippen molar-refractivity contribution in [2.45, 2.75) is 52.5 Å². The van der Waals surface area contributed by atoms with Gasteiger partial charge in [-0.05, 0) is 44.1 Å². The molecule has 0 aromatic carbocycles. The van der Waals surface area contributed by atoms with Crippen molar-refractivity contribution in [3.63, 3.8) is 0 Å². The van der Waals surface area contributed by atoms with E-state index in [0.29, 0.717) is 6.54 Å². The molecule has 1 unspecified atom stereocenters. The van der Waals surface area contributed by atoms with Gasteiger partial charge in [-0.1, -0.05) is 25.5 Å². The van der Waals surface area contributed by atoms with Gasteiger partial charge in [0.15, 0.2) is 0 Å². The van der Waals surface area contributed by atoms with E-state index in [1.165, 1.54) is 16.0 Å². The minimum Gasteiger partial charge on any atom is -0.368 e. The van der Waals surface area contributed by atoms with Crippen LogP contribution in [0.5, 0.6) is 0 Å². The van der Waals surface area contributed by atoms with Crippen LogP contribution in [0.4, 0.5) is 4.79 Å². The van der Waals surface area contributed by atoms with E-state index in [4.69, 9.17) is 11.5 Å². The first-order valence-electron chi connectivity index (χ1n) is 9.03. The van der Waals surface area contributed by atoms with Gasteiger partial charge in [-0.15, -0.1) is 0 Å². The molecule has 2 rings (SSSR count). The molecular weight excluding hydrogens is 332 g/mol. The second kappa shape index (κ2) is 7.13. The smallest absolute Gasteiger partial charge is 0.315 e. The summed E-state index contributed by atoms with van der Waals surface area (Å²) in [6.45, 7) is 8.57. The van der Waals surface area contributed by atoms with Crippen molar-refractivity contribution >= 4 is 17.8 Å². The standard InChI is InChI=1S/C19H30N4O3/c1-13-6-5-9-18(2,3)14(13)7-8-15(24)22-10-11-23(17(21)26)19(4,12-22)16(20)25/h7-8H,5-6,9-12H2,1-4H3,(H2,20,25)(H2,21,26). The van der Waals surface area contributed by atoms with E-state index in [1.54, 1.807) is 17.9 Å². The summed E-state index contributed by atoms with van der Waals surface area (Å²) in [4.78, 5) is 39.0. The summed E-state index contributed by atoms with van der Waals surface area (Å²) in [5.41, 5.74) is 12.1. The molecule has 1 heterocycles. The Morgan fingerprint density at radius 2 is 1.77 bits per heavy atom. The molecule has 4 N–H and O–H groups in total. The number of nitrogens with two attached hydrogens (primary N) is 2. The van der Waals surface area contributed by atoms with Gasteiger partial charge >= 0.3 is 6.03 Å². The van der Waals surface area contributed by atoms with Crippen LogP contribution in [0.25, 0.3) is 0 Å². The largest absolute Gasteiger partial charge is 0.368 e. The summed E-state index contributed by atoms with van der Waals surface area (Å²) < 4.78 is 0. The Hall–Kier alpha value is -2.31. The van der Waals surface area contributed by atoms with Crippen molar-refractivity contribution in [3.05, 3.63) is 23.3 Å². The van der Waals surface area contributed by atoms with Crippen molar-refractivity contribution in [3.8, 4) is 0 Å². The van der Waals surface area contributed by atoms with Crippen LogP contribution < -0.4 is 11.5 Å². The Balaban J connectivity index is 2.18. The topological polar surface area (TPSA) is 110 Å². The molecule has 0 radical (unpaired) electrons. The maximum absolute atomic E-state index is 12.7. The monoisotopic (exact) mass is 362 g/mol. The second-order valence-corrected chi connectivity index (χ2v) is 8.15. The second-order valence-electron chi connectivity index (χ2n) is 8.15. The maximum atomic E-state index is 12.7. The highest BCUT2D eigenvalue weighted by molar-refractivity contribution is 5.93. The zero-order valence-electron chi connectivity index (χ0n) is 16.2. The van der Waals surface area contributed by atoms with E-state index < -0.39 is 17.5 Å². The molecule has 2 aliphatic rings. The number of hydrogen-bond donors (Lipinski definition) is 2. The number of carbonyl (C=O) groups is 3. The number of nitrogens with zero attached hydrogens (tertiary/aromatic N) is 2. The van der Waals surface area contributed by atoms with Gasteiger partial charge in [-0.25, -0.2) is 4.79 Å². The van der Waals surface area contributed by atoms with Gasteiger partial charge in [-0.2, -0.15) is 0 Å². The first-order chi connectivity index (χ1) is 12.0. The SMILES string of the molecule is CC1=C(C=CC(=O)N2CCN(C(N)=O)C(C)(C(N)=O)C2)C(C)(C)CCC1. The van der Waals surface area contributed by atoms with Crippen LogP contribution in [-0.4, -0.2) is 52.8 Å². The first kappa shape index (κ1) is 20.0. The van der Waals surface area contributed by atoms with Crippen molar-refractivity contribution in [1.29, 1.82) is 0 Å². The Kier molecular flexibility index (Phi) is 5.49. The maximum Gasteiger partial charge on any atom is 0.315 e. The summed E-state index contributed by atoms with van der Waals surface area (Å²) >= 11 is 0. The molecule has 0 aromatic heterocycles. The predicted octanol–water partition coefficient (Wildman–Crippen LogP) is 1.54. The molecule has 0 bridgehead atoms. The van der Waals surface area contributed by atoms with E-state index in [9.17, 15) is 14.4 Å². The van der Waals surface area contributed by atoms with Gasteiger partial charge in [0.1, 0.15) is 5.54 Å². The summed E-state index contributed by atoms with van der Waals surface area (Å²) in [5, 5.41) is 0. The molecule has 1 atom stereocenters. The van der Waals surface area contributed by atoms with Crippen molar-refractivity contribution < 1.29 is 14.4 Å². The van der Waals surface area contributed by atoms with Crippen molar-refractivity contribution in [2.24, 2.45) is 16.9 Å². The van der Waals surface area contributed by atoms with Crippen LogP contribution in [0.15, 0.2) is 23.3 Å². The molecule has 0 saturated carbocycles. The highest BCUT2D eigenvalue weighted by atomic mass is 16.2. The first-order valence-corrected chi connectivity index (χ1v) is 9.03. The van der Waals surface area contributed by atoms with E-state index in [-0.39, 0.29) is 24.4 Å². The molecule has 7 heteroatoms. The number of carbonyl (C=O) groups excluding carboxylic acids is 3. The lowest BCUT2D eigenvalue weighted by Crippen LogP contribution is -2.69. The third-order valence-corrected chi connectivity index (χ3v) is 5.73. The molecule has 1 aliphatic heterocycles. The molecule has 26 heavy (non-hydrogen) atoms. The molecular formula is C19H30N4O3. The van der Waals surface area contributed by atoms with Gasteiger partial charge in [0.2, 0.25) is 11.8 Å². The number of primary amides is 2. The summed E-state index contributed by atoms with van der Waals surface area (Å²) in [5.74, 6) is -0.868. The minimum atomic E-state index is -1.30. The average Bonchev–Trinajstić information content (AvgIpc) is 2.52. The number of piperazine rings is 1. The van der Waals surface area contributed by atoms with Crippen LogP contribution in [-0.2, 0) is 9.59 Å². The van der Waals surface area contributed by atoms with E-state index in [0.717, 1.165) is 19.3 Å². The van der Waals surface area contributed by atoms with Gasteiger partial charge in [0, 0.05) is 19.2 Å². The van der Waals surface area contributed by atoms with Crippen molar-refractivity contribution in [2.75, 3.05) is 19.6 Å². The molecule has 1 aliphatic carbocycles. The molecule has 4 amide bonds. The third-order valence-electron chi connectivity index (χ3n) is 5.73. The quantitative estimate of drug-likeness (QED) is 0.743. The molecule has 1 saturated heterocycles. The number of rotatable bonds is 3. The van der Waals surface area contributed by atoms with E-state index in [1.807, 2.05) is 6.08 Å². The fraction of sp³-hybridized carbons (Fsp3) is 0.632. The zero-order chi connectivity index (χ0) is 19.7. The molecule has 144 valence electrons. The fourth-order valence-electron chi connectivity index (χ4n) is 4.03. The van der Waals surface area contributed by atoms with Crippen LogP contribution in [0.1, 0.15) is 47.0 Å².